The van der Waals surface area contributed by atoms with Gasteiger partial charge in [0.25, 0.3) is 0 Å². The summed E-state index contributed by atoms with van der Waals surface area (Å²) < 4.78 is 0. The summed E-state index contributed by atoms with van der Waals surface area (Å²) >= 11 is 0. The van der Waals surface area contributed by atoms with Crippen LogP contribution in [0.3, 0.4) is 0 Å². The predicted molar refractivity (Wildman–Crippen MR) is 71.4 cm³/mol. The van der Waals surface area contributed by atoms with Crippen molar-refractivity contribution in [1.82, 2.24) is 0 Å². The highest BCUT2D eigenvalue weighted by Crippen LogP contribution is 2.23. The minimum absolute atomic E-state index is 0.235. The molecule has 0 saturated carbocycles. The van der Waals surface area contributed by atoms with Crippen molar-refractivity contribution in [3.05, 3.63) is 65.3 Å². The van der Waals surface area contributed by atoms with Crippen LogP contribution in [-0.2, 0) is 5.41 Å². The van der Waals surface area contributed by atoms with Crippen LogP contribution >= 0.6 is 0 Å². The average molecular weight is 210 g/mol. The van der Waals surface area contributed by atoms with E-state index in [2.05, 4.69) is 75.4 Å². The van der Waals surface area contributed by atoms with Crippen molar-refractivity contribution in [2.24, 2.45) is 0 Å². The molecule has 1 aromatic carbocycles. The van der Waals surface area contributed by atoms with E-state index < -0.39 is 0 Å². The standard InChI is InChI=1S/C16H18/c1-16(2,3)15-10-8-14(9-11-15)12-13-6-4-5-7-13/h4-12H,1-3H3. The van der Waals surface area contributed by atoms with E-state index in [1.54, 1.807) is 0 Å². The van der Waals surface area contributed by atoms with Crippen LogP contribution in [0, 0.1) is 0 Å². The zero-order valence-electron chi connectivity index (χ0n) is 10.2. The molecule has 0 atom stereocenters. The van der Waals surface area contributed by atoms with Gasteiger partial charge in [0.1, 0.15) is 0 Å². The van der Waals surface area contributed by atoms with Crippen LogP contribution < -0.4 is 0 Å². The molecule has 0 unspecified atom stereocenters. The van der Waals surface area contributed by atoms with Crippen LogP contribution in [0.1, 0.15) is 31.9 Å². The fraction of sp³-hybridized carbons (Fsp3) is 0.250. The number of benzene rings is 1. The Morgan fingerprint density at radius 2 is 1.44 bits per heavy atom. The van der Waals surface area contributed by atoms with Gasteiger partial charge in [-0.25, -0.2) is 0 Å². The highest BCUT2D eigenvalue weighted by molar-refractivity contribution is 5.62. The molecule has 0 bridgehead atoms. The Morgan fingerprint density at radius 3 is 1.94 bits per heavy atom. The zero-order valence-corrected chi connectivity index (χ0v) is 10.2. The smallest absolute Gasteiger partial charge is 0.0132 e. The van der Waals surface area contributed by atoms with E-state index in [-0.39, 0.29) is 5.41 Å². The van der Waals surface area contributed by atoms with Gasteiger partial charge in [-0.2, -0.15) is 0 Å². The summed E-state index contributed by atoms with van der Waals surface area (Å²) in [6.07, 6.45) is 10.6. The van der Waals surface area contributed by atoms with E-state index in [9.17, 15) is 0 Å². The number of hydrogen-bond acceptors (Lipinski definition) is 0. The summed E-state index contributed by atoms with van der Waals surface area (Å²) in [5, 5.41) is 0. The molecule has 1 aliphatic carbocycles. The summed E-state index contributed by atoms with van der Waals surface area (Å²) in [5.41, 5.74) is 4.15. The molecule has 82 valence electrons. The van der Waals surface area contributed by atoms with Crippen LogP contribution in [0.15, 0.2) is 54.1 Å². The number of rotatable bonds is 1. The third-order valence-electron chi connectivity index (χ3n) is 2.80. The molecule has 2 rings (SSSR count). The van der Waals surface area contributed by atoms with Crippen LogP contribution in [0.4, 0.5) is 0 Å². The minimum atomic E-state index is 0.235. The predicted octanol–water partition coefficient (Wildman–Crippen LogP) is 4.49. The molecule has 0 fully saturated rings. The Hall–Kier alpha value is -1.56. The van der Waals surface area contributed by atoms with Crippen LogP contribution in [0.5, 0.6) is 0 Å². The lowest BCUT2D eigenvalue weighted by Gasteiger charge is -2.18. The first-order valence-corrected chi connectivity index (χ1v) is 5.73. The molecule has 0 aromatic heterocycles. The second-order valence-corrected chi connectivity index (χ2v) is 5.23. The van der Waals surface area contributed by atoms with Gasteiger partial charge < -0.3 is 0 Å². The molecule has 0 saturated heterocycles. The van der Waals surface area contributed by atoms with Crippen molar-refractivity contribution in [1.29, 1.82) is 0 Å². The Bertz CT molecular complexity index is 434. The third-order valence-corrected chi connectivity index (χ3v) is 2.80. The molecule has 16 heavy (non-hydrogen) atoms. The topological polar surface area (TPSA) is 0 Å². The lowest BCUT2D eigenvalue weighted by atomic mass is 9.86. The molecule has 1 aromatic rings. The normalized spacial score (nSPS) is 14.6. The quantitative estimate of drug-likeness (QED) is 0.640. The monoisotopic (exact) mass is 210 g/mol. The van der Waals surface area contributed by atoms with E-state index in [1.165, 1.54) is 16.7 Å². The zero-order chi connectivity index (χ0) is 11.6. The Morgan fingerprint density at radius 1 is 0.875 bits per heavy atom. The van der Waals surface area contributed by atoms with Crippen LogP contribution in [-0.4, -0.2) is 0 Å². The van der Waals surface area contributed by atoms with Crippen molar-refractivity contribution in [2.75, 3.05) is 0 Å². The molecule has 0 heterocycles. The van der Waals surface area contributed by atoms with Gasteiger partial charge in [-0.1, -0.05) is 69.3 Å². The second kappa shape index (κ2) is 4.13. The fourth-order valence-electron chi connectivity index (χ4n) is 1.76. The maximum absolute atomic E-state index is 2.24. The SMILES string of the molecule is CC(C)(C)c1ccc(C=C2C=CC=C2)cc1. The molecular weight excluding hydrogens is 192 g/mol. The van der Waals surface area contributed by atoms with Gasteiger partial charge in [0.2, 0.25) is 0 Å². The molecule has 0 radical (unpaired) electrons. The first-order chi connectivity index (χ1) is 7.55. The van der Waals surface area contributed by atoms with E-state index >= 15 is 0 Å². The van der Waals surface area contributed by atoms with Gasteiger partial charge in [-0.3, -0.25) is 0 Å². The van der Waals surface area contributed by atoms with Crippen molar-refractivity contribution in [3.63, 3.8) is 0 Å². The Kier molecular flexibility index (Phi) is 2.82. The van der Waals surface area contributed by atoms with Crippen molar-refractivity contribution < 1.29 is 0 Å². The molecule has 0 N–H and O–H groups in total. The number of hydrogen-bond donors (Lipinski definition) is 0. The van der Waals surface area contributed by atoms with Crippen LogP contribution in [0.2, 0.25) is 0 Å². The molecule has 1 aliphatic rings. The summed E-state index contributed by atoms with van der Waals surface area (Å²) in [7, 11) is 0. The fourth-order valence-corrected chi connectivity index (χ4v) is 1.76. The molecule has 0 aliphatic heterocycles. The average Bonchev–Trinajstić information content (AvgIpc) is 2.70. The van der Waals surface area contributed by atoms with E-state index in [0.29, 0.717) is 0 Å². The first-order valence-electron chi connectivity index (χ1n) is 5.73. The third kappa shape index (κ3) is 2.52. The van der Waals surface area contributed by atoms with Gasteiger partial charge in [0.05, 0.1) is 0 Å². The van der Waals surface area contributed by atoms with Crippen molar-refractivity contribution in [2.45, 2.75) is 26.2 Å². The van der Waals surface area contributed by atoms with Gasteiger partial charge in [-0.15, -0.1) is 0 Å². The first kappa shape index (κ1) is 10.9. The Balaban J connectivity index is 2.23. The Labute approximate surface area is 98.0 Å². The minimum Gasteiger partial charge on any atom is -0.0617 e. The summed E-state index contributed by atoms with van der Waals surface area (Å²) in [6, 6.07) is 8.81. The highest BCUT2D eigenvalue weighted by Gasteiger charge is 2.12. The van der Waals surface area contributed by atoms with Gasteiger partial charge in [-0.05, 0) is 28.2 Å². The van der Waals surface area contributed by atoms with Crippen molar-refractivity contribution >= 4 is 6.08 Å². The summed E-state index contributed by atoms with van der Waals surface area (Å²) in [5.74, 6) is 0. The number of allylic oxidation sites excluding steroid dienone is 5. The van der Waals surface area contributed by atoms with Gasteiger partial charge in [0, 0.05) is 0 Å². The van der Waals surface area contributed by atoms with Crippen molar-refractivity contribution in [3.8, 4) is 0 Å². The van der Waals surface area contributed by atoms with E-state index in [4.69, 9.17) is 0 Å². The molecule has 0 amide bonds. The largest absolute Gasteiger partial charge is 0.0617 e. The highest BCUT2D eigenvalue weighted by atomic mass is 14.2. The van der Waals surface area contributed by atoms with Gasteiger partial charge in [0.15, 0.2) is 0 Å². The van der Waals surface area contributed by atoms with Gasteiger partial charge >= 0.3 is 0 Å². The maximum Gasteiger partial charge on any atom is -0.0132 e. The second-order valence-electron chi connectivity index (χ2n) is 5.23. The van der Waals surface area contributed by atoms with E-state index in [1.807, 2.05) is 0 Å². The van der Waals surface area contributed by atoms with E-state index in [0.717, 1.165) is 0 Å². The summed E-state index contributed by atoms with van der Waals surface area (Å²) in [6.45, 7) is 6.72. The lowest BCUT2D eigenvalue weighted by Crippen LogP contribution is -2.10. The molecule has 0 spiro atoms. The molecular formula is C16H18. The lowest BCUT2D eigenvalue weighted by molar-refractivity contribution is 0.590. The molecule has 0 nitrogen and oxygen atoms in total. The summed E-state index contributed by atoms with van der Waals surface area (Å²) in [4.78, 5) is 0. The maximum atomic E-state index is 2.24. The van der Waals surface area contributed by atoms with Crippen LogP contribution in [0.25, 0.3) is 6.08 Å². The molecule has 0 heteroatoms.